The van der Waals surface area contributed by atoms with Gasteiger partial charge in [-0.05, 0) is 27.2 Å². The summed E-state index contributed by atoms with van der Waals surface area (Å²) in [5.74, 6) is -0.151. The highest BCUT2D eigenvalue weighted by Crippen LogP contribution is 2.18. The van der Waals surface area contributed by atoms with Crippen LogP contribution in [-0.4, -0.2) is 32.1 Å². The van der Waals surface area contributed by atoms with Crippen molar-refractivity contribution < 1.29 is 17.7 Å². The van der Waals surface area contributed by atoms with Crippen LogP contribution in [0.4, 0.5) is 0 Å². The number of hydrogen-bond acceptors (Lipinski definition) is 5. The number of amides is 1. The number of carbonyl (C=O) groups excluding carboxylic acids is 1. The third kappa shape index (κ3) is 4.04. The van der Waals surface area contributed by atoms with Gasteiger partial charge in [-0.2, -0.15) is 4.72 Å². The van der Waals surface area contributed by atoms with Crippen molar-refractivity contribution in [1.29, 1.82) is 0 Å². The highest BCUT2D eigenvalue weighted by atomic mass is 32.2. The molecule has 1 amide bonds. The van der Waals surface area contributed by atoms with E-state index in [-0.39, 0.29) is 22.3 Å². The normalized spacial score (nSPS) is 13.2. The van der Waals surface area contributed by atoms with Gasteiger partial charge in [0.2, 0.25) is 15.9 Å². The predicted molar refractivity (Wildman–Crippen MR) is 73.7 cm³/mol. The van der Waals surface area contributed by atoms with Crippen LogP contribution >= 0.6 is 0 Å². The molecule has 1 rings (SSSR count). The predicted octanol–water partition coefficient (Wildman–Crippen LogP) is 0.875. The van der Waals surface area contributed by atoms with Gasteiger partial charge in [0.15, 0.2) is 5.76 Å². The topological polar surface area (TPSA) is 101 Å². The fourth-order valence-corrected chi connectivity index (χ4v) is 3.28. The lowest BCUT2D eigenvalue weighted by molar-refractivity contribution is -0.122. The van der Waals surface area contributed by atoms with E-state index in [9.17, 15) is 13.2 Å². The fraction of sp³-hybridized carbons (Fsp3) is 0.667. The maximum atomic E-state index is 12.2. The van der Waals surface area contributed by atoms with Crippen molar-refractivity contribution in [3.8, 4) is 0 Å². The van der Waals surface area contributed by atoms with Gasteiger partial charge in [0, 0.05) is 6.54 Å². The third-order valence-corrected chi connectivity index (χ3v) is 4.58. The molecule has 20 heavy (non-hydrogen) atoms. The minimum atomic E-state index is -3.82. The minimum Gasteiger partial charge on any atom is -0.360 e. The molecule has 114 valence electrons. The van der Waals surface area contributed by atoms with Crippen molar-refractivity contribution in [3.05, 3.63) is 11.5 Å². The average Bonchev–Trinajstić information content (AvgIpc) is 2.69. The first-order chi connectivity index (χ1) is 9.29. The number of carbonyl (C=O) groups is 1. The summed E-state index contributed by atoms with van der Waals surface area (Å²) in [4.78, 5) is 11.7. The zero-order valence-corrected chi connectivity index (χ0v) is 13.0. The highest BCUT2D eigenvalue weighted by Gasteiger charge is 2.27. The summed E-state index contributed by atoms with van der Waals surface area (Å²) in [5, 5.41) is 6.28. The average molecular weight is 303 g/mol. The second-order valence-corrected chi connectivity index (χ2v) is 6.29. The summed E-state index contributed by atoms with van der Waals surface area (Å²) in [6.45, 7) is 7.09. The van der Waals surface area contributed by atoms with Crippen LogP contribution < -0.4 is 10.0 Å². The van der Waals surface area contributed by atoms with Crippen LogP contribution in [-0.2, 0) is 14.8 Å². The number of nitrogens with zero attached hydrogens (tertiary/aromatic N) is 1. The lowest BCUT2D eigenvalue weighted by Gasteiger charge is -2.14. The Bertz CT molecular complexity index is 546. The summed E-state index contributed by atoms with van der Waals surface area (Å²) in [6.07, 6.45) is 1.81. The number of aromatic nitrogens is 1. The van der Waals surface area contributed by atoms with E-state index in [4.69, 9.17) is 4.52 Å². The molecule has 0 aliphatic carbocycles. The van der Waals surface area contributed by atoms with E-state index in [1.54, 1.807) is 0 Å². The number of aryl methyl sites for hydroxylation is 2. The molecule has 0 radical (unpaired) electrons. The molecule has 1 heterocycles. The molecular weight excluding hydrogens is 282 g/mol. The summed E-state index contributed by atoms with van der Waals surface area (Å²) in [5.41, 5.74) is 0.272. The molecule has 1 atom stereocenters. The Morgan fingerprint density at radius 1 is 1.40 bits per heavy atom. The zero-order valence-electron chi connectivity index (χ0n) is 12.2. The Labute approximate surface area is 119 Å². The summed E-state index contributed by atoms with van der Waals surface area (Å²) >= 11 is 0. The Morgan fingerprint density at radius 3 is 2.55 bits per heavy atom. The quantitative estimate of drug-likeness (QED) is 0.728. The molecule has 2 N–H and O–H groups in total. The first-order valence-electron chi connectivity index (χ1n) is 6.52. The van der Waals surface area contributed by atoms with Gasteiger partial charge in [-0.3, -0.25) is 4.79 Å². The first kappa shape index (κ1) is 16.6. The molecule has 0 spiro atoms. The Morgan fingerprint density at radius 2 is 2.05 bits per heavy atom. The molecule has 0 saturated heterocycles. The first-order valence-corrected chi connectivity index (χ1v) is 8.00. The minimum absolute atomic E-state index is 0.00860. The van der Waals surface area contributed by atoms with Crippen molar-refractivity contribution in [3.63, 3.8) is 0 Å². The number of hydrogen-bond donors (Lipinski definition) is 2. The van der Waals surface area contributed by atoms with Crippen molar-refractivity contribution in [2.24, 2.45) is 0 Å². The van der Waals surface area contributed by atoms with Gasteiger partial charge < -0.3 is 9.84 Å². The summed E-state index contributed by atoms with van der Waals surface area (Å²) < 4.78 is 31.5. The highest BCUT2D eigenvalue weighted by molar-refractivity contribution is 7.89. The van der Waals surface area contributed by atoms with Crippen LogP contribution in [0, 0.1) is 13.8 Å². The van der Waals surface area contributed by atoms with E-state index in [1.165, 1.54) is 20.8 Å². The molecular formula is C12H21N3O4S. The SMILES string of the molecule is CCCCNC(=O)[C@H](C)NS(=O)(=O)c1c(C)noc1C. The molecule has 0 fully saturated rings. The van der Waals surface area contributed by atoms with Crippen molar-refractivity contribution in [1.82, 2.24) is 15.2 Å². The number of unbranched alkanes of at least 4 members (excludes halogenated alkanes) is 1. The number of rotatable bonds is 7. The van der Waals surface area contributed by atoms with Crippen LogP contribution in [0.25, 0.3) is 0 Å². The fourth-order valence-electron chi connectivity index (χ4n) is 1.74. The maximum absolute atomic E-state index is 12.2. The molecule has 0 saturated carbocycles. The van der Waals surface area contributed by atoms with Crippen molar-refractivity contribution in [2.45, 2.75) is 51.5 Å². The van der Waals surface area contributed by atoms with E-state index in [2.05, 4.69) is 15.2 Å². The number of sulfonamides is 1. The largest absolute Gasteiger partial charge is 0.360 e. The van der Waals surface area contributed by atoms with Crippen LogP contribution in [0.2, 0.25) is 0 Å². The van der Waals surface area contributed by atoms with Crippen LogP contribution in [0.15, 0.2) is 9.42 Å². The van der Waals surface area contributed by atoms with E-state index in [0.29, 0.717) is 6.54 Å². The van der Waals surface area contributed by atoms with E-state index in [1.807, 2.05) is 6.92 Å². The third-order valence-electron chi connectivity index (χ3n) is 2.79. The van der Waals surface area contributed by atoms with E-state index in [0.717, 1.165) is 12.8 Å². The van der Waals surface area contributed by atoms with Gasteiger partial charge in [-0.1, -0.05) is 18.5 Å². The second-order valence-electron chi connectivity index (χ2n) is 4.64. The standard InChI is InChI=1S/C12H21N3O4S/c1-5-6-7-13-12(16)9(3)15-20(17,18)11-8(2)14-19-10(11)4/h9,15H,5-7H2,1-4H3,(H,13,16)/t9-/m0/s1. The van der Waals surface area contributed by atoms with Crippen molar-refractivity contribution in [2.75, 3.05) is 6.54 Å². The van der Waals surface area contributed by atoms with Gasteiger partial charge in [0.1, 0.15) is 10.6 Å². The number of nitrogens with one attached hydrogen (secondary N) is 2. The van der Waals surface area contributed by atoms with E-state index < -0.39 is 16.1 Å². The van der Waals surface area contributed by atoms with Crippen molar-refractivity contribution >= 4 is 15.9 Å². The zero-order chi connectivity index (χ0) is 15.3. The smallest absolute Gasteiger partial charge is 0.246 e. The molecule has 1 aromatic rings. The van der Waals surface area contributed by atoms with Crippen LogP contribution in [0.1, 0.15) is 38.1 Å². The molecule has 0 aliphatic heterocycles. The molecule has 1 aromatic heterocycles. The Balaban J connectivity index is 2.74. The lowest BCUT2D eigenvalue weighted by Crippen LogP contribution is -2.45. The van der Waals surface area contributed by atoms with Gasteiger partial charge in [-0.25, -0.2) is 8.42 Å². The Kier molecular flexibility index (Phi) is 5.70. The van der Waals surface area contributed by atoms with Gasteiger partial charge in [0.05, 0.1) is 6.04 Å². The Hall–Kier alpha value is -1.41. The van der Waals surface area contributed by atoms with Crippen LogP contribution in [0.5, 0.6) is 0 Å². The van der Waals surface area contributed by atoms with Crippen LogP contribution in [0.3, 0.4) is 0 Å². The molecule has 8 heteroatoms. The summed E-state index contributed by atoms with van der Waals surface area (Å²) in [6, 6.07) is -0.856. The molecule has 0 aliphatic rings. The monoisotopic (exact) mass is 303 g/mol. The molecule has 7 nitrogen and oxygen atoms in total. The molecule has 0 bridgehead atoms. The summed E-state index contributed by atoms with van der Waals surface area (Å²) in [7, 11) is -3.82. The molecule has 0 aromatic carbocycles. The van der Waals surface area contributed by atoms with E-state index >= 15 is 0 Å². The second kappa shape index (κ2) is 6.85. The molecule has 0 unspecified atom stereocenters. The van der Waals surface area contributed by atoms with Gasteiger partial charge in [-0.15, -0.1) is 0 Å². The van der Waals surface area contributed by atoms with Gasteiger partial charge >= 0.3 is 0 Å². The van der Waals surface area contributed by atoms with Gasteiger partial charge in [0.25, 0.3) is 0 Å². The lowest BCUT2D eigenvalue weighted by atomic mass is 10.3. The maximum Gasteiger partial charge on any atom is 0.246 e.